The second-order valence-electron chi connectivity index (χ2n) is 8.37. The Hall–Kier alpha value is -1.99. The van der Waals surface area contributed by atoms with Crippen molar-refractivity contribution in [3.05, 3.63) is 47.6 Å². The van der Waals surface area contributed by atoms with Crippen molar-refractivity contribution in [2.75, 3.05) is 14.2 Å². The topological polar surface area (TPSA) is 81.0 Å². The van der Waals surface area contributed by atoms with Gasteiger partial charge in [-0.25, -0.2) is 9.55 Å². The van der Waals surface area contributed by atoms with Crippen LogP contribution < -0.4 is 9.47 Å². The SMILES string of the molecule is COc1ccc(CCn2c(C)cnc2/C(=C/C(C)Cl)OP(=O)(OC(C)C)OC(C)C)cc1OC. The van der Waals surface area contributed by atoms with Crippen LogP contribution in [0.1, 0.15) is 51.7 Å². The number of allylic oxidation sites excluding steroid dienone is 1. The van der Waals surface area contributed by atoms with Gasteiger partial charge in [0.2, 0.25) is 0 Å². The van der Waals surface area contributed by atoms with E-state index in [9.17, 15) is 4.57 Å². The molecule has 0 bridgehead atoms. The lowest BCUT2D eigenvalue weighted by atomic mass is 10.1. The quantitative estimate of drug-likeness (QED) is 0.174. The average molecular weight is 515 g/mol. The number of hydrogen-bond donors (Lipinski definition) is 0. The van der Waals surface area contributed by atoms with Gasteiger partial charge in [0.15, 0.2) is 23.1 Å². The van der Waals surface area contributed by atoms with Gasteiger partial charge in [-0.15, -0.1) is 11.6 Å². The number of hydrogen-bond acceptors (Lipinski definition) is 7. The van der Waals surface area contributed by atoms with Gasteiger partial charge in [-0.3, -0.25) is 9.05 Å². The highest BCUT2D eigenvalue weighted by Crippen LogP contribution is 2.54. The van der Waals surface area contributed by atoms with E-state index in [1.54, 1.807) is 61.1 Å². The van der Waals surface area contributed by atoms with Crippen molar-refractivity contribution in [2.24, 2.45) is 0 Å². The monoisotopic (exact) mass is 514 g/mol. The Balaban J connectivity index is 2.37. The molecule has 1 aromatic carbocycles. The molecule has 0 spiro atoms. The number of alkyl halides is 1. The third-order valence-electron chi connectivity index (χ3n) is 4.62. The van der Waals surface area contributed by atoms with Crippen molar-refractivity contribution < 1.29 is 27.6 Å². The molecule has 0 aliphatic carbocycles. The molecule has 2 rings (SSSR count). The lowest BCUT2D eigenvalue weighted by Gasteiger charge is -2.24. The highest BCUT2D eigenvalue weighted by molar-refractivity contribution is 7.48. The molecule has 0 N–H and O–H groups in total. The minimum Gasteiger partial charge on any atom is -0.493 e. The van der Waals surface area contributed by atoms with E-state index in [4.69, 9.17) is 34.6 Å². The Morgan fingerprint density at radius 2 is 1.71 bits per heavy atom. The number of halogens is 1. The zero-order valence-corrected chi connectivity index (χ0v) is 22.9. The Morgan fingerprint density at radius 1 is 1.09 bits per heavy atom. The van der Waals surface area contributed by atoms with Gasteiger partial charge in [-0.1, -0.05) is 6.07 Å². The van der Waals surface area contributed by atoms with Crippen molar-refractivity contribution in [1.82, 2.24) is 9.55 Å². The summed E-state index contributed by atoms with van der Waals surface area (Å²) in [7, 11) is -0.712. The molecule has 1 atom stereocenters. The summed E-state index contributed by atoms with van der Waals surface area (Å²) in [6.07, 6.45) is 3.33. The number of phosphoric ester groups is 1. The molecule has 1 unspecified atom stereocenters. The third-order valence-corrected chi connectivity index (χ3v) is 6.52. The fourth-order valence-corrected chi connectivity index (χ4v) is 4.94. The van der Waals surface area contributed by atoms with E-state index in [1.165, 1.54) is 0 Å². The number of aryl methyl sites for hydroxylation is 2. The lowest BCUT2D eigenvalue weighted by Crippen LogP contribution is -2.13. The molecule has 0 aliphatic heterocycles. The van der Waals surface area contributed by atoms with E-state index in [0.717, 1.165) is 11.3 Å². The van der Waals surface area contributed by atoms with E-state index in [1.807, 2.05) is 29.7 Å². The number of imidazole rings is 1. The molecule has 0 radical (unpaired) electrons. The van der Waals surface area contributed by atoms with Crippen molar-refractivity contribution in [3.63, 3.8) is 0 Å². The van der Waals surface area contributed by atoms with Gasteiger partial charge in [0.25, 0.3) is 0 Å². The summed E-state index contributed by atoms with van der Waals surface area (Å²) < 4.78 is 43.2. The molecule has 0 fully saturated rings. The Labute approximate surface area is 207 Å². The first-order valence-electron chi connectivity index (χ1n) is 11.2. The van der Waals surface area contributed by atoms with E-state index >= 15 is 0 Å². The Bertz CT molecular complexity index is 1000. The molecule has 0 saturated heterocycles. The zero-order valence-electron chi connectivity index (χ0n) is 21.2. The van der Waals surface area contributed by atoms with Crippen LogP contribution in [0.5, 0.6) is 11.5 Å². The van der Waals surface area contributed by atoms with Crippen molar-refractivity contribution >= 4 is 25.2 Å². The van der Waals surface area contributed by atoms with Crippen molar-refractivity contribution in [3.8, 4) is 11.5 Å². The zero-order chi connectivity index (χ0) is 25.5. The molecule has 190 valence electrons. The van der Waals surface area contributed by atoms with Crippen LogP contribution in [0.4, 0.5) is 0 Å². The van der Waals surface area contributed by atoms with Crippen LogP contribution in [0, 0.1) is 6.92 Å². The minimum atomic E-state index is -3.93. The van der Waals surface area contributed by atoms with Crippen LogP contribution in [0.3, 0.4) is 0 Å². The van der Waals surface area contributed by atoms with Crippen LogP contribution in [-0.2, 0) is 31.1 Å². The maximum atomic E-state index is 13.4. The maximum absolute atomic E-state index is 13.4. The normalized spacial score (nSPS) is 13.4. The summed E-state index contributed by atoms with van der Waals surface area (Å²) in [5.74, 6) is 2.07. The highest BCUT2D eigenvalue weighted by Gasteiger charge is 2.34. The Morgan fingerprint density at radius 3 is 2.24 bits per heavy atom. The molecule has 34 heavy (non-hydrogen) atoms. The second-order valence-corrected chi connectivity index (χ2v) is 10.6. The molecule has 10 heteroatoms. The first kappa shape index (κ1) is 28.2. The van der Waals surface area contributed by atoms with E-state index in [-0.39, 0.29) is 18.0 Å². The van der Waals surface area contributed by atoms with Crippen LogP contribution in [0.2, 0.25) is 0 Å². The summed E-state index contributed by atoms with van der Waals surface area (Å²) in [6.45, 7) is 11.4. The molecule has 2 aromatic rings. The molecule has 0 saturated carbocycles. The van der Waals surface area contributed by atoms with Gasteiger partial charge < -0.3 is 18.6 Å². The molecule has 1 aromatic heterocycles. The summed E-state index contributed by atoms with van der Waals surface area (Å²) in [5, 5.41) is -0.405. The van der Waals surface area contributed by atoms with Gasteiger partial charge in [-0.05, 0) is 71.7 Å². The molecule has 1 heterocycles. The summed E-state index contributed by atoms with van der Waals surface area (Å²) >= 11 is 6.27. The summed E-state index contributed by atoms with van der Waals surface area (Å²) in [6, 6.07) is 5.81. The lowest BCUT2D eigenvalue weighted by molar-refractivity contribution is 0.0971. The van der Waals surface area contributed by atoms with E-state index < -0.39 is 13.2 Å². The summed E-state index contributed by atoms with van der Waals surface area (Å²) in [4.78, 5) is 4.52. The molecular weight excluding hydrogens is 479 g/mol. The molecule has 0 aliphatic rings. The van der Waals surface area contributed by atoms with Crippen LogP contribution in [0.15, 0.2) is 30.5 Å². The summed E-state index contributed by atoms with van der Waals surface area (Å²) in [5.41, 5.74) is 1.97. The maximum Gasteiger partial charge on any atom is 0.530 e. The van der Waals surface area contributed by atoms with Crippen LogP contribution >= 0.6 is 19.4 Å². The first-order chi connectivity index (χ1) is 16.0. The van der Waals surface area contributed by atoms with Gasteiger partial charge in [-0.2, -0.15) is 0 Å². The predicted molar refractivity (Wildman–Crippen MR) is 135 cm³/mol. The minimum absolute atomic E-state index is 0.243. The Kier molecular flexibility index (Phi) is 10.5. The predicted octanol–water partition coefficient (Wildman–Crippen LogP) is 6.39. The highest BCUT2D eigenvalue weighted by atomic mass is 35.5. The fourth-order valence-electron chi connectivity index (χ4n) is 3.28. The molecule has 8 nitrogen and oxygen atoms in total. The van der Waals surface area contributed by atoms with Crippen LogP contribution in [0.25, 0.3) is 5.76 Å². The van der Waals surface area contributed by atoms with Gasteiger partial charge >= 0.3 is 7.82 Å². The fraction of sp³-hybridized carbons (Fsp3) is 0.542. The van der Waals surface area contributed by atoms with E-state index in [0.29, 0.717) is 30.3 Å². The number of ether oxygens (including phenoxy) is 2. The van der Waals surface area contributed by atoms with E-state index in [2.05, 4.69) is 4.98 Å². The average Bonchev–Trinajstić information content (AvgIpc) is 3.10. The van der Waals surface area contributed by atoms with Gasteiger partial charge in [0.1, 0.15) is 0 Å². The number of aromatic nitrogens is 2. The van der Waals surface area contributed by atoms with Crippen molar-refractivity contribution in [1.29, 1.82) is 0 Å². The van der Waals surface area contributed by atoms with Crippen LogP contribution in [-0.4, -0.2) is 41.4 Å². The number of rotatable bonds is 13. The standard InChI is InChI=1S/C24H36ClN2O6P/c1-16(2)31-34(28,32-17(3)4)33-23(13-18(5)25)24-26-15-19(6)27(24)12-11-20-9-10-21(29-7)22(14-20)30-8/h9-10,13-18H,11-12H2,1-8H3/b23-13-. The number of benzene rings is 1. The van der Waals surface area contributed by atoms with Gasteiger partial charge in [0.05, 0.1) is 31.8 Å². The number of phosphoric acid groups is 1. The molecule has 0 amide bonds. The number of nitrogens with zero attached hydrogens (tertiary/aromatic N) is 2. The molecular formula is C24H36ClN2O6P. The first-order valence-corrected chi connectivity index (χ1v) is 13.1. The largest absolute Gasteiger partial charge is 0.530 e. The third kappa shape index (κ3) is 8.05. The second kappa shape index (κ2) is 12.6. The number of methoxy groups -OCH3 is 2. The van der Waals surface area contributed by atoms with Crippen molar-refractivity contribution in [2.45, 2.75) is 72.1 Å². The van der Waals surface area contributed by atoms with Gasteiger partial charge in [0, 0.05) is 18.4 Å². The smallest absolute Gasteiger partial charge is 0.493 e.